The third-order valence-corrected chi connectivity index (χ3v) is 4.40. The summed E-state index contributed by atoms with van der Waals surface area (Å²) >= 11 is 0. The quantitative estimate of drug-likeness (QED) is 0.377. The zero-order valence-corrected chi connectivity index (χ0v) is 16.8. The second kappa shape index (κ2) is 11.2. The number of nitrogens with one attached hydrogen (secondary N) is 2. The van der Waals surface area contributed by atoms with Crippen molar-refractivity contribution >= 4 is 5.96 Å². The lowest BCUT2D eigenvalue weighted by atomic mass is 10.2. The summed E-state index contributed by atoms with van der Waals surface area (Å²) in [6.07, 6.45) is 5.05. The minimum atomic E-state index is 0.425. The standard InChI is InChI=1S/C20H31N5O2/c1-5-15(2)23-20(21-3)22-14-8-6-7-9-18-24-19(25-27-18)16-10-12-17(26-4)13-11-16/h10-13,15H,5-9,14H2,1-4H3,(H2,21,22,23). The number of nitrogens with zero attached hydrogens (tertiary/aromatic N) is 3. The van der Waals surface area contributed by atoms with Crippen molar-refractivity contribution in [3.8, 4) is 17.1 Å². The highest BCUT2D eigenvalue weighted by Crippen LogP contribution is 2.20. The van der Waals surface area contributed by atoms with Gasteiger partial charge in [0.2, 0.25) is 11.7 Å². The van der Waals surface area contributed by atoms with Gasteiger partial charge in [-0.15, -0.1) is 0 Å². The summed E-state index contributed by atoms with van der Waals surface area (Å²) in [5, 5.41) is 10.8. The molecule has 0 saturated carbocycles. The number of methoxy groups -OCH3 is 1. The van der Waals surface area contributed by atoms with Crippen LogP contribution in [-0.2, 0) is 6.42 Å². The Bertz CT molecular complexity index is 697. The first-order chi connectivity index (χ1) is 13.2. The van der Waals surface area contributed by atoms with Crippen LogP contribution < -0.4 is 15.4 Å². The second-order valence-corrected chi connectivity index (χ2v) is 6.50. The Hall–Kier alpha value is -2.57. The van der Waals surface area contributed by atoms with E-state index in [2.05, 4.69) is 39.6 Å². The molecule has 0 aliphatic heterocycles. The number of hydrogen-bond donors (Lipinski definition) is 2. The number of guanidine groups is 1. The molecule has 0 saturated heterocycles. The van der Waals surface area contributed by atoms with E-state index in [0.29, 0.717) is 17.8 Å². The van der Waals surface area contributed by atoms with Crippen molar-refractivity contribution in [2.75, 3.05) is 20.7 Å². The fraction of sp³-hybridized carbons (Fsp3) is 0.550. The molecule has 0 spiro atoms. The van der Waals surface area contributed by atoms with Crippen molar-refractivity contribution < 1.29 is 9.26 Å². The van der Waals surface area contributed by atoms with Gasteiger partial charge in [0.1, 0.15) is 5.75 Å². The molecule has 0 fully saturated rings. The van der Waals surface area contributed by atoms with E-state index in [1.807, 2.05) is 24.3 Å². The number of aryl methyl sites for hydroxylation is 1. The third kappa shape index (κ3) is 6.92. The van der Waals surface area contributed by atoms with Crippen LogP contribution in [0.15, 0.2) is 33.8 Å². The Kier molecular flexibility index (Phi) is 8.61. The molecule has 27 heavy (non-hydrogen) atoms. The number of ether oxygens (including phenoxy) is 1. The molecule has 0 radical (unpaired) electrons. The van der Waals surface area contributed by atoms with Crippen LogP contribution >= 0.6 is 0 Å². The van der Waals surface area contributed by atoms with Crippen LogP contribution in [0, 0.1) is 0 Å². The maximum atomic E-state index is 5.36. The maximum Gasteiger partial charge on any atom is 0.226 e. The first-order valence-electron chi connectivity index (χ1n) is 9.60. The van der Waals surface area contributed by atoms with Crippen molar-refractivity contribution in [1.29, 1.82) is 0 Å². The lowest BCUT2D eigenvalue weighted by Gasteiger charge is -2.16. The molecule has 148 valence electrons. The topological polar surface area (TPSA) is 84.6 Å². The minimum Gasteiger partial charge on any atom is -0.497 e. The van der Waals surface area contributed by atoms with Gasteiger partial charge in [0.15, 0.2) is 5.96 Å². The number of aromatic nitrogens is 2. The predicted octanol–water partition coefficient (Wildman–Crippen LogP) is 3.42. The van der Waals surface area contributed by atoms with E-state index in [4.69, 9.17) is 9.26 Å². The van der Waals surface area contributed by atoms with Gasteiger partial charge < -0.3 is 19.9 Å². The number of benzene rings is 1. The number of unbranched alkanes of at least 4 members (excludes halogenated alkanes) is 2. The summed E-state index contributed by atoms with van der Waals surface area (Å²) in [6.45, 7) is 5.21. The van der Waals surface area contributed by atoms with Crippen LogP contribution in [0.1, 0.15) is 45.4 Å². The Balaban J connectivity index is 1.67. The van der Waals surface area contributed by atoms with E-state index < -0.39 is 0 Å². The largest absolute Gasteiger partial charge is 0.497 e. The number of aliphatic imine (C=N–C) groups is 1. The lowest BCUT2D eigenvalue weighted by Crippen LogP contribution is -2.42. The highest BCUT2D eigenvalue weighted by molar-refractivity contribution is 5.79. The third-order valence-electron chi connectivity index (χ3n) is 4.40. The molecule has 2 N–H and O–H groups in total. The summed E-state index contributed by atoms with van der Waals surface area (Å²) < 4.78 is 10.5. The highest BCUT2D eigenvalue weighted by Gasteiger charge is 2.08. The van der Waals surface area contributed by atoms with Crippen LogP contribution in [0.25, 0.3) is 11.4 Å². The Morgan fingerprint density at radius 2 is 2.00 bits per heavy atom. The molecule has 2 aromatic rings. The van der Waals surface area contributed by atoms with Crippen LogP contribution in [0.2, 0.25) is 0 Å². The molecular formula is C20H31N5O2. The molecule has 0 aliphatic carbocycles. The van der Waals surface area contributed by atoms with Gasteiger partial charge in [0.05, 0.1) is 7.11 Å². The predicted molar refractivity (Wildman–Crippen MR) is 108 cm³/mol. The number of rotatable bonds is 10. The molecule has 1 heterocycles. The van der Waals surface area contributed by atoms with Gasteiger partial charge in [-0.05, 0) is 50.5 Å². The van der Waals surface area contributed by atoms with Gasteiger partial charge in [-0.3, -0.25) is 4.99 Å². The van der Waals surface area contributed by atoms with E-state index in [1.54, 1.807) is 14.2 Å². The van der Waals surface area contributed by atoms with Crippen molar-refractivity contribution in [3.63, 3.8) is 0 Å². The van der Waals surface area contributed by atoms with Crippen LogP contribution in [-0.4, -0.2) is 42.8 Å². The molecule has 0 bridgehead atoms. The molecule has 1 aromatic carbocycles. The van der Waals surface area contributed by atoms with Crippen LogP contribution in [0.3, 0.4) is 0 Å². The molecule has 0 amide bonds. The average Bonchev–Trinajstić information content (AvgIpc) is 3.18. The Labute approximate surface area is 161 Å². The van der Waals surface area contributed by atoms with Crippen LogP contribution in [0.4, 0.5) is 0 Å². The normalized spacial score (nSPS) is 12.7. The molecule has 1 aromatic heterocycles. The highest BCUT2D eigenvalue weighted by atomic mass is 16.5. The monoisotopic (exact) mass is 373 g/mol. The zero-order valence-electron chi connectivity index (χ0n) is 16.8. The SMILES string of the molecule is CCC(C)NC(=NC)NCCCCCc1nc(-c2ccc(OC)cc2)no1. The summed E-state index contributed by atoms with van der Waals surface area (Å²) in [7, 11) is 3.45. The van der Waals surface area contributed by atoms with Gasteiger partial charge in [-0.2, -0.15) is 4.98 Å². The summed E-state index contributed by atoms with van der Waals surface area (Å²) in [4.78, 5) is 8.71. The second-order valence-electron chi connectivity index (χ2n) is 6.50. The number of hydrogen-bond acceptors (Lipinski definition) is 5. The van der Waals surface area contributed by atoms with Gasteiger partial charge >= 0.3 is 0 Å². The fourth-order valence-electron chi connectivity index (χ4n) is 2.53. The molecule has 1 unspecified atom stereocenters. The Morgan fingerprint density at radius 3 is 2.67 bits per heavy atom. The van der Waals surface area contributed by atoms with Gasteiger partial charge in [0, 0.05) is 31.6 Å². The molecule has 0 aliphatic rings. The molecule has 7 nitrogen and oxygen atoms in total. The first-order valence-corrected chi connectivity index (χ1v) is 9.60. The van der Waals surface area contributed by atoms with Crippen molar-refractivity contribution in [2.24, 2.45) is 4.99 Å². The van der Waals surface area contributed by atoms with Crippen molar-refractivity contribution in [2.45, 2.75) is 52.0 Å². The maximum absolute atomic E-state index is 5.36. The average molecular weight is 374 g/mol. The van der Waals surface area contributed by atoms with Crippen molar-refractivity contribution in [1.82, 2.24) is 20.8 Å². The van der Waals surface area contributed by atoms with E-state index in [9.17, 15) is 0 Å². The lowest BCUT2D eigenvalue weighted by molar-refractivity contribution is 0.374. The van der Waals surface area contributed by atoms with Gasteiger partial charge in [0.25, 0.3) is 0 Å². The van der Waals surface area contributed by atoms with Crippen molar-refractivity contribution in [3.05, 3.63) is 30.2 Å². The fourth-order valence-corrected chi connectivity index (χ4v) is 2.53. The molecular weight excluding hydrogens is 342 g/mol. The van der Waals surface area contributed by atoms with E-state index in [0.717, 1.165) is 55.9 Å². The molecule has 2 rings (SSSR count). The summed E-state index contributed by atoms with van der Waals surface area (Å²) in [5.41, 5.74) is 0.926. The molecule has 1 atom stereocenters. The van der Waals surface area contributed by atoms with E-state index in [-0.39, 0.29) is 0 Å². The smallest absolute Gasteiger partial charge is 0.226 e. The minimum absolute atomic E-state index is 0.425. The van der Waals surface area contributed by atoms with Gasteiger partial charge in [-0.1, -0.05) is 18.5 Å². The molecule has 7 heteroatoms. The Morgan fingerprint density at radius 1 is 1.22 bits per heavy atom. The summed E-state index contributed by atoms with van der Waals surface area (Å²) in [6, 6.07) is 8.07. The summed E-state index contributed by atoms with van der Waals surface area (Å²) in [5.74, 6) is 2.98. The zero-order chi connectivity index (χ0) is 19.5. The van der Waals surface area contributed by atoms with Gasteiger partial charge in [-0.25, -0.2) is 0 Å². The van der Waals surface area contributed by atoms with E-state index >= 15 is 0 Å². The van der Waals surface area contributed by atoms with Crippen LogP contribution in [0.5, 0.6) is 5.75 Å². The first kappa shape index (κ1) is 20.7. The van der Waals surface area contributed by atoms with E-state index in [1.165, 1.54) is 0 Å².